The van der Waals surface area contributed by atoms with Crippen molar-refractivity contribution in [3.63, 3.8) is 0 Å². The van der Waals surface area contributed by atoms with Crippen molar-refractivity contribution in [3.05, 3.63) is 48.0 Å². The molecule has 98 valence electrons. The smallest absolute Gasteiger partial charge is 0.224 e. The lowest BCUT2D eigenvalue weighted by Gasteiger charge is -2.26. The van der Waals surface area contributed by atoms with E-state index in [1.54, 1.807) is 0 Å². The number of nitriles is 1. The van der Waals surface area contributed by atoms with Crippen LogP contribution >= 0.6 is 0 Å². The van der Waals surface area contributed by atoms with Crippen LogP contribution in [0.3, 0.4) is 0 Å². The van der Waals surface area contributed by atoms with Crippen molar-refractivity contribution in [1.29, 1.82) is 5.26 Å². The van der Waals surface area contributed by atoms with Crippen molar-refractivity contribution in [2.75, 3.05) is 0 Å². The van der Waals surface area contributed by atoms with Crippen LogP contribution in [0, 0.1) is 23.2 Å². The van der Waals surface area contributed by atoms with Gasteiger partial charge in [-0.1, -0.05) is 49.4 Å². The molecule has 0 aliphatic heterocycles. The lowest BCUT2D eigenvalue weighted by molar-refractivity contribution is -0.121. The molecule has 0 spiro atoms. The van der Waals surface area contributed by atoms with Gasteiger partial charge in [-0.25, -0.2) is 0 Å². The molecule has 19 heavy (non-hydrogen) atoms. The van der Waals surface area contributed by atoms with Crippen LogP contribution in [0.1, 0.15) is 18.9 Å². The normalized spacial score (nSPS) is 25.6. The number of nitrogens with one attached hydrogen (secondary N) is 1. The summed E-state index contributed by atoms with van der Waals surface area (Å²) in [5.41, 5.74) is 0.988. The highest BCUT2D eigenvalue weighted by molar-refractivity contribution is 5.79. The third-order valence-electron chi connectivity index (χ3n) is 3.41. The van der Waals surface area contributed by atoms with E-state index >= 15 is 0 Å². The quantitative estimate of drug-likeness (QED) is 0.842. The Morgan fingerprint density at radius 3 is 2.79 bits per heavy atom. The van der Waals surface area contributed by atoms with Gasteiger partial charge in [0.2, 0.25) is 5.91 Å². The zero-order chi connectivity index (χ0) is 13.7. The molecule has 1 aromatic carbocycles. The Kier molecular flexibility index (Phi) is 4.35. The summed E-state index contributed by atoms with van der Waals surface area (Å²) in [6.07, 6.45) is 5.19. The summed E-state index contributed by atoms with van der Waals surface area (Å²) in [5.74, 6) is 0.252. The van der Waals surface area contributed by atoms with Crippen molar-refractivity contribution >= 4 is 5.91 Å². The number of hydrogen-bond donors (Lipinski definition) is 1. The lowest BCUT2D eigenvalue weighted by Crippen LogP contribution is -2.41. The van der Waals surface area contributed by atoms with Crippen LogP contribution in [-0.4, -0.2) is 11.9 Å². The van der Waals surface area contributed by atoms with Gasteiger partial charge in [0, 0.05) is 0 Å². The summed E-state index contributed by atoms with van der Waals surface area (Å²) in [7, 11) is 0. The molecule has 0 radical (unpaired) electrons. The molecule has 0 saturated heterocycles. The summed E-state index contributed by atoms with van der Waals surface area (Å²) < 4.78 is 0. The number of nitrogens with zero attached hydrogens (tertiary/aromatic N) is 1. The summed E-state index contributed by atoms with van der Waals surface area (Å²) in [6.45, 7) is 2.09. The van der Waals surface area contributed by atoms with Crippen molar-refractivity contribution in [3.8, 4) is 6.07 Å². The first kappa shape index (κ1) is 13.4. The number of amides is 1. The molecule has 0 heterocycles. The molecule has 1 aromatic rings. The Labute approximate surface area is 113 Å². The van der Waals surface area contributed by atoms with Gasteiger partial charge < -0.3 is 5.32 Å². The van der Waals surface area contributed by atoms with Gasteiger partial charge in [-0.3, -0.25) is 4.79 Å². The molecule has 3 atom stereocenters. The van der Waals surface area contributed by atoms with Gasteiger partial charge in [-0.15, -0.1) is 0 Å². The van der Waals surface area contributed by atoms with Crippen LogP contribution in [0.5, 0.6) is 0 Å². The van der Waals surface area contributed by atoms with E-state index in [1.165, 1.54) is 0 Å². The average Bonchev–Trinajstić information content (AvgIpc) is 2.42. The highest BCUT2D eigenvalue weighted by Crippen LogP contribution is 2.22. The monoisotopic (exact) mass is 254 g/mol. The molecule has 3 heteroatoms. The van der Waals surface area contributed by atoms with E-state index < -0.39 is 0 Å². The van der Waals surface area contributed by atoms with E-state index in [9.17, 15) is 4.79 Å². The summed E-state index contributed by atoms with van der Waals surface area (Å²) in [4.78, 5) is 12.0. The first-order valence-electron chi connectivity index (χ1n) is 6.60. The van der Waals surface area contributed by atoms with Gasteiger partial charge in [0.05, 0.1) is 24.4 Å². The number of hydrogen-bond acceptors (Lipinski definition) is 2. The second-order valence-electron chi connectivity index (χ2n) is 5.09. The van der Waals surface area contributed by atoms with E-state index in [-0.39, 0.29) is 17.9 Å². The molecule has 2 rings (SSSR count). The van der Waals surface area contributed by atoms with Crippen molar-refractivity contribution < 1.29 is 4.79 Å². The molecule has 0 aromatic heterocycles. The van der Waals surface area contributed by atoms with Crippen LogP contribution in [0.2, 0.25) is 0 Å². The van der Waals surface area contributed by atoms with Crippen LogP contribution in [0.15, 0.2) is 42.5 Å². The maximum Gasteiger partial charge on any atom is 0.224 e. The molecule has 0 bridgehead atoms. The number of rotatable bonds is 3. The van der Waals surface area contributed by atoms with E-state index in [1.807, 2.05) is 36.4 Å². The van der Waals surface area contributed by atoms with Gasteiger partial charge in [0.25, 0.3) is 0 Å². The maximum absolute atomic E-state index is 12.0. The Balaban J connectivity index is 1.95. The zero-order valence-electron chi connectivity index (χ0n) is 11.0. The summed E-state index contributed by atoms with van der Waals surface area (Å²) in [6, 6.07) is 11.8. The fraction of sp³-hybridized carbons (Fsp3) is 0.375. The molecular weight excluding hydrogens is 236 g/mol. The van der Waals surface area contributed by atoms with Crippen LogP contribution in [0.4, 0.5) is 0 Å². The van der Waals surface area contributed by atoms with Gasteiger partial charge >= 0.3 is 0 Å². The van der Waals surface area contributed by atoms with Crippen LogP contribution in [0.25, 0.3) is 0 Å². The lowest BCUT2D eigenvalue weighted by atomic mass is 9.85. The Bertz CT molecular complexity index is 501. The molecule has 0 fully saturated rings. The Morgan fingerprint density at radius 1 is 1.37 bits per heavy atom. The molecule has 1 amide bonds. The van der Waals surface area contributed by atoms with E-state index in [4.69, 9.17) is 5.26 Å². The SMILES string of the molecule is CC1C=CC(NC(=O)Cc2ccccc2)C(C#N)C1. The highest BCUT2D eigenvalue weighted by Gasteiger charge is 2.25. The topological polar surface area (TPSA) is 52.9 Å². The minimum Gasteiger partial charge on any atom is -0.348 e. The maximum atomic E-state index is 12.0. The predicted octanol–water partition coefficient (Wildman–Crippen LogP) is 2.45. The highest BCUT2D eigenvalue weighted by atomic mass is 16.1. The molecule has 1 aliphatic rings. The third kappa shape index (κ3) is 3.69. The molecule has 1 aliphatic carbocycles. The minimum absolute atomic E-state index is 0.0318. The number of benzene rings is 1. The second-order valence-corrected chi connectivity index (χ2v) is 5.09. The molecule has 3 nitrogen and oxygen atoms in total. The van der Waals surface area contributed by atoms with E-state index in [0.717, 1.165) is 12.0 Å². The van der Waals surface area contributed by atoms with Crippen molar-refractivity contribution in [1.82, 2.24) is 5.32 Å². The largest absolute Gasteiger partial charge is 0.348 e. The van der Waals surface area contributed by atoms with Gasteiger partial charge in [0.15, 0.2) is 0 Å². The van der Waals surface area contributed by atoms with Crippen LogP contribution < -0.4 is 5.32 Å². The molecule has 3 unspecified atom stereocenters. The summed E-state index contributed by atoms with van der Waals surface area (Å²) >= 11 is 0. The number of allylic oxidation sites excluding steroid dienone is 1. The first-order chi connectivity index (χ1) is 9.19. The van der Waals surface area contributed by atoms with Gasteiger partial charge in [0.1, 0.15) is 0 Å². The van der Waals surface area contributed by atoms with Crippen LogP contribution in [-0.2, 0) is 11.2 Å². The number of carbonyl (C=O) groups excluding carboxylic acids is 1. The fourth-order valence-electron chi connectivity index (χ4n) is 2.37. The summed E-state index contributed by atoms with van der Waals surface area (Å²) in [5, 5.41) is 12.1. The standard InChI is InChI=1S/C16H18N2O/c1-12-7-8-15(14(9-12)11-17)18-16(19)10-13-5-3-2-4-6-13/h2-8,12,14-15H,9-10H2,1H3,(H,18,19). The van der Waals surface area contributed by atoms with E-state index in [2.05, 4.69) is 24.4 Å². The van der Waals surface area contributed by atoms with Gasteiger partial charge in [-0.05, 0) is 17.9 Å². The fourth-order valence-corrected chi connectivity index (χ4v) is 2.37. The molecule has 0 saturated carbocycles. The molecule has 1 N–H and O–H groups in total. The first-order valence-corrected chi connectivity index (χ1v) is 6.60. The third-order valence-corrected chi connectivity index (χ3v) is 3.41. The average molecular weight is 254 g/mol. The van der Waals surface area contributed by atoms with E-state index in [0.29, 0.717) is 12.3 Å². The predicted molar refractivity (Wildman–Crippen MR) is 74.1 cm³/mol. The minimum atomic E-state index is -0.155. The Hall–Kier alpha value is -2.08. The molecular formula is C16H18N2O. The van der Waals surface area contributed by atoms with Crippen molar-refractivity contribution in [2.24, 2.45) is 11.8 Å². The van der Waals surface area contributed by atoms with Gasteiger partial charge in [-0.2, -0.15) is 5.26 Å². The van der Waals surface area contributed by atoms with Crippen molar-refractivity contribution in [2.45, 2.75) is 25.8 Å². The second kappa shape index (κ2) is 6.19. The zero-order valence-corrected chi connectivity index (χ0v) is 11.0. The number of carbonyl (C=O) groups is 1. The Morgan fingerprint density at radius 2 is 2.11 bits per heavy atom.